The molecule has 2 aromatic rings. The smallest absolute Gasteiger partial charge is 0.257 e. The molecular weight excluding hydrogens is 466 g/mol. The number of amidine groups is 1. The van der Waals surface area contributed by atoms with Crippen LogP contribution < -0.4 is 14.8 Å². The van der Waals surface area contributed by atoms with E-state index in [1.807, 2.05) is 20.8 Å². The Morgan fingerprint density at radius 3 is 2.61 bits per heavy atom. The highest BCUT2D eigenvalue weighted by Gasteiger charge is 2.34. The maximum atomic E-state index is 12.9. The minimum Gasteiger partial charge on any atom is -0.487 e. The highest BCUT2D eigenvalue weighted by molar-refractivity contribution is 7.90. The number of rotatable bonds is 6. The van der Waals surface area contributed by atoms with Gasteiger partial charge in [0.15, 0.2) is 9.84 Å². The number of ether oxygens (including phenoxy) is 2. The second-order valence-electron chi connectivity index (χ2n) is 8.15. The standard InChI is InChI=1S/C23H26ClN3O5S/c1-6-26-13-21(25-4)27-22(28)14-9-19(16-12-23(2,3)32-20(16)10-14)31-18-8-7-15(11-17(18)24)33(5,29)30/h7-11,13H,6,12H2,1-5H3,(H,25,27,28). The third-order valence-electron chi connectivity index (χ3n) is 4.85. The summed E-state index contributed by atoms with van der Waals surface area (Å²) in [6, 6.07) is 7.50. The number of carbonyl (C=O) groups is 1. The lowest BCUT2D eigenvalue weighted by Crippen LogP contribution is -2.31. The van der Waals surface area contributed by atoms with Crippen LogP contribution in [-0.4, -0.2) is 51.8 Å². The molecule has 0 unspecified atom stereocenters. The van der Waals surface area contributed by atoms with Crippen molar-refractivity contribution in [2.75, 3.05) is 19.8 Å². The molecule has 33 heavy (non-hydrogen) atoms. The Bertz CT molecular complexity index is 1250. The summed E-state index contributed by atoms with van der Waals surface area (Å²) in [5, 5.41) is 2.85. The van der Waals surface area contributed by atoms with Crippen LogP contribution in [0.5, 0.6) is 17.2 Å². The lowest BCUT2D eigenvalue weighted by molar-refractivity contribution is 0.0975. The van der Waals surface area contributed by atoms with Crippen LogP contribution in [0.2, 0.25) is 5.02 Å². The molecule has 1 N–H and O–H groups in total. The fourth-order valence-electron chi connectivity index (χ4n) is 3.29. The summed E-state index contributed by atoms with van der Waals surface area (Å²) >= 11 is 6.30. The number of sulfone groups is 1. The van der Waals surface area contributed by atoms with Gasteiger partial charge in [0.2, 0.25) is 0 Å². The van der Waals surface area contributed by atoms with E-state index >= 15 is 0 Å². The summed E-state index contributed by atoms with van der Waals surface area (Å²) in [5.41, 5.74) is 0.608. The van der Waals surface area contributed by atoms with E-state index in [4.69, 9.17) is 21.1 Å². The van der Waals surface area contributed by atoms with Crippen molar-refractivity contribution in [3.05, 3.63) is 46.5 Å². The van der Waals surface area contributed by atoms with Crippen molar-refractivity contribution in [2.45, 2.75) is 37.7 Å². The van der Waals surface area contributed by atoms with Crippen molar-refractivity contribution in [3.63, 3.8) is 0 Å². The van der Waals surface area contributed by atoms with E-state index < -0.39 is 21.3 Å². The van der Waals surface area contributed by atoms with Gasteiger partial charge in [0.05, 0.1) is 16.1 Å². The van der Waals surface area contributed by atoms with Crippen LogP contribution in [0.3, 0.4) is 0 Å². The van der Waals surface area contributed by atoms with Gasteiger partial charge in [-0.05, 0) is 51.1 Å². The largest absolute Gasteiger partial charge is 0.487 e. The average Bonchev–Trinajstić information content (AvgIpc) is 3.05. The first-order chi connectivity index (χ1) is 15.4. The lowest BCUT2D eigenvalue weighted by atomic mass is 9.99. The lowest BCUT2D eigenvalue weighted by Gasteiger charge is -2.16. The summed E-state index contributed by atoms with van der Waals surface area (Å²) in [6.45, 7) is 6.32. The second kappa shape index (κ2) is 9.52. The molecule has 0 bridgehead atoms. The van der Waals surface area contributed by atoms with Gasteiger partial charge in [0, 0.05) is 37.4 Å². The van der Waals surface area contributed by atoms with E-state index in [0.717, 1.165) is 11.8 Å². The maximum Gasteiger partial charge on any atom is 0.257 e. The van der Waals surface area contributed by atoms with Gasteiger partial charge in [-0.25, -0.2) is 8.42 Å². The number of amides is 1. The predicted octanol–water partition coefficient (Wildman–Crippen LogP) is 4.10. The fourth-order valence-corrected chi connectivity index (χ4v) is 4.22. The SMILES string of the molecule is CCN=CC(=NC)NC(=O)c1cc(Oc2ccc(S(C)(=O)=O)cc2Cl)c2c(c1)OC(C)(C)C2. The van der Waals surface area contributed by atoms with Crippen LogP contribution in [0.1, 0.15) is 36.7 Å². The van der Waals surface area contributed by atoms with Gasteiger partial charge < -0.3 is 14.8 Å². The first-order valence-corrected chi connectivity index (χ1v) is 12.5. The molecule has 0 saturated heterocycles. The van der Waals surface area contributed by atoms with Crippen LogP contribution in [0.4, 0.5) is 0 Å². The molecule has 1 aliphatic rings. The van der Waals surface area contributed by atoms with Crippen molar-refractivity contribution < 1.29 is 22.7 Å². The zero-order valence-corrected chi connectivity index (χ0v) is 20.7. The van der Waals surface area contributed by atoms with Gasteiger partial charge in [-0.3, -0.25) is 14.8 Å². The van der Waals surface area contributed by atoms with Crippen LogP contribution in [0.25, 0.3) is 0 Å². The first kappa shape index (κ1) is 24.7. The van der Waals surface area contributed by atoms with E-state index in [0.29, 0.717) is 35.9 Å². The summed E-state index contributed by atoms with van der Waals surface area (Å²) in [6.07, 6.45) is 3.15. The maximum absolute atomic E-state index is 12.9. The van der Waals surface area contributed by atoms with Crippen LogP contribution in [0.15, 0.2) is 45.2 Å². The van der Waals surface area contributed by atoms with Crippen molar-refractivity contribution in [3.8, 4) is 17.2 Å². The zero-order valence-electron chi connectivity index (χ0n) is 19.1. The van der Waals surface area contributed by atoms with E-state index in [-0.39, 0.29) is 15.7 Å². The molecule has 0 aliphatic carbocycles. The molecule has 176 valence electrons. The minimum atomic E-state index is -3.41. The molecule has 0 fully saturated rings. The zero-order chi connectivity index (χ0) is 24.4. The third-order valence-corrected chi connectivity index (χ3v) is 6.25. The monoisotopic (exact) mass is 491 g/mol. The Morgan fingerprint density at radius 2 is 2.00 bits per heavy atom. The number of hydrogen-bond acceptors (Lipinski definition) is 7. The van der Waals surface area contributed by atoms with Crippen molar-refractivity contribution >= 4 is 39.4 Å². The van der Waals surface area contributed by atoms with Gasteiger partial charge in [-0.15, -0.1) is 0 Å². The molecule has 2 aromatic carbocycles. The molecule has 3 rings (SSSR count). The number of hydrogen-bond donors (Lipinski definition) is 1. The summed E-state index contributed by atoms with van der Waals surface area (Å²) in [4.78, 5) is 21.1. The van der Waals surface area contributed by atoms with Crippen LogP contribution in [-0.2, 0) is 16.3 Å². The third kappa shape index (κ3) is 5.91. The van der Waals surface area contributed by atoms with Gasteiger partial charge in [0.25, 0.3) is 5.91 Å². The Hall–Kier alpha value is -2.91. The highest BCUT2D eigenvalue weighted by Crippen LogP contribution is 2.44. The number of halogens is 1. The summed E-state index contributed by atoms with van der Waals surface area (Å²) in [7, 11) is -1.86. The molecule has 0 aromatic heterocycles. The first-order valence-electron chi connectivity index (χ1n) is 10.2. The molecule has 10 heteroatoms. The molecule has 0 atom stereocenters. The van der Waals surface area contributed by atoms with E-state index in [2.05, 4.69) is 15.3 Å². The topological polar surface area (TPSA) is 106 Å². The van der Waals surface area contributed by atoms with E-state index in [1.54, 1.807) is 19.2 Å². The van der Waals surface area contributed by atoms with Gasteiger partial charge in [-0.1, -0.05) is 11.6 Å². The molecule has 1 aliphatic heterocycles. The number of carbonyl (C=O) groups excluding carboxylic acids is 1. The number of fused-ring (bicyclic) bond motifs is 1. The quantitative estimate of drug-likeness (QED) is 0.483. The normalized spacial score (nSPS) is 15.3. The molecule has 0 saturated carbocycles. The van der Waals surface area contributed by atoms with Gasteiger partial charge in [-0.2, -0.15) is 0 Å². The molecule has 1 amide bonds. The molecular formula is C23H26ClN3O5S. The minimum absolute atomic E-state index is 0.0859. The van der Waals surface area contributed by atoms with E-state index in [9.17, 15) is 13.2 Å². The Morgan fingerprint density at radius 1 is 1.27 bits per heavy atom. The molecule has 8 nitrogen and oxygen atoms in total. The summed E-state index contributed by atoms with van der Waals surface area (Å²) in [5.74, 6) is 1.11. The predicted molar refractivity (Wildman–Crippen MR) is 129 cm³/mol. The molecule has 0 radical (unpaired) electrons. The number of nitrogens with one attached hydrogen (secondary N) is 1. The summed E-state index contributed by atoms with van der Waals surface area (Å²) < 4.78 is 35.7. The average molecular weight is 492 g/mol. The Balaban J connectivity index is 1.99. The second-order valence-corrected chi connectivity index (χ2v) is 10.6. The number of benzene rings is 2. The highest BCUT2D eigenvalue weighted by atomic mass is 35.5. The number of aliphatic imine (C=N–C) groups is 2. The van der Waals surface area contributed by atoms with Crippen LogP contribution >= 0.6 is 11.6 Å². The van der Waals surface area contributed by atoms with Crippen molar-refractivity contribution in [2.24, 2.45) is 9.98 Å². The van der Waals surface area contributed by atoms with Gasteiger partial charge >= 0.3 is 0 Å². The Labute approximate surface area is 198 Å². The fraction of sp³-hybridized carbons (Fsp3) is 0.348. The van der Waals surface area contributed by atoms with E-state index in [1.165, 1.54) is 24.4 Å². The van der Waals surface area contributed by atoms with Crippen molar-refractivity contribution in [1.29, 1.82) is 0 Å². The van der Waals surface area contributed by atoms with Crippen molar-refractivity contribution in [1.82, 2.24) is 5.32 Å². The Kier molecular flexibility index (Phi) is 7.14. The number of nitrogens with zero attached hydrogens (tertiary/aromatic N) is 2. The molecule has 1 heterocycles. The van der Waals surface area contributed by atoms with Crippen LogP contribution in [0, 0.1) is 0 Å². The molecule has 0 spiro atoms. The van der Waals surface area contributed by atoms with Gasteiger partial charge in [0.1, 0.15) is 28.7 Å².